The zero-order valence-electron chi connectivity index (χ0n) is 10.7. The van der Waals surface area contributed by atoms with E-state index in [1.165, 1.54) is 11.8 Å². The standard InChI is InChI=1S/C14H15ClN2OS/c1-2-8-17-9-7-16-14(17)12(18)10-19-13-6-4-3-5-11(13)15/h3-7,9H,2,8,10H2,1H3. The Morgan fingerprint density at radius 3 is 2.95 bits per heavy atom. The van der Waals surface area contributed by atoms with E-state index in [4.69, 9.17) is 11.6 Å². The quantitative estimate of drug-likeness (QED) is 0.598. The average Bonchev–Trinajstić information content (AvgIpc) is 2.86. The summed E-state index contributed by atoms with van der Waals surface area (Å²) in [5, 5.41) is 0.678. The second-order valence-electron chi connectivity index (χ2n) is 4.09. The third-order valence-electron chi connectivity index (χ3n) is 2.62. The fourth-order valence-corrected chi connectivity index (χ4v) is 2.85. The van der Waals surface area contributed by atoms with Crippen LogP contribution in [-0.4, -0.2) is 21.1 Å². The Morgan fingerprint density at radius 2 is 2.21 bits per heavy atom. The van der Waals surface area contributed by atoms with Crippen molar-refractivity contribution in [1.82, 2.24) is 9.55 Å². The fraction of sp³-hybridized carbons (Fsp3) is 0.286. The van der Waals surface area contributed by atoms with Gasteiger partial charge in [0.15, 0.2) is 5.82 Å². The van der Waals surface area contributed by atoms with Crippen LogP contribution >= 0.6 is 23.4 Å². The van der Waals surface area contributed by atoms with Crippen LogP contribution < -0.4 is 0 Å². The molecule has 2 rings (SSSR count). The number of rotatable bonds is 6. The number of hydrogen-bond acceptors (Lipinski definition) is 3. The maximum absolute atomic E-state index is 12.1. The topological polar surface area (TPSA) is 34.9 Å². The van der Waals surface area contributed by atoms with Gasteiger partial charge in [0.2, 0.25) is 5.78 Å². The van der Waals surface area contributed by atoms with Crippen molar-refractivity contribution < 1.29 is 4.79 Å². The molecule has 0 bridgehead atoms. The molecule has 1 heterocycles. The van der Waals surface area contributed by atoms with E-state index < -0.39 is 0 Å². The summed E-state index contributed by atoms with van der Waals surface area (Å²) >= 11 is 7.51. The second kappa shape index (κ2) is 6.78. The van der Waals surface area contributed by atoms with Gasteiger partial charge in [-0.2, -0.15) is 0 Å². The smallest absolute Gasteiger partial charge is 0.208 e. The Morgan fingerprint density at radius 1 is 1.42 bits per heavy atom. The first-order valence-corrected chi connectivity index (χ1v) is 7.50. The van der Waals surface area contributed by atoms with Crippen LogP contribution in [-0.2, 0) is 6.54 Å². The number of benzene rings is 1. The molecule has 1 aromatic carbocycles. The normalized spacial score (nSPS) is 10.6. The van der Waals surface area contributed by atoms with Crippen molar-refractivity contribution >= 4 is 29.1 Å². The summed E-state index contributed by atoms with van der Waals surface area (Å²) in [4.78, 5) is 17.2. The number of halogens is 1. The number of carbonyl (C=O) groups excluding carboxylic acids is 1. The minimum Gasteiger partial charge on any atom is -0.329 e. The monoisotopic (exact) mass is 294 g/mol. The van der Waals surface area contributed by atoms with E-state index in [1.54, 1.807) is 6.20 Å². The van der Waals surface area contributed by atoms with Crippen LogP contribution in [0.5, 0.6) is 0 Å². The Bertz CT molecular complexity index is 568. The molecule has 0 amide bonds. The highest BCUT2D eigenvalue weighted by Gasteiger charge is 2.13. The van der Waals surface area contributed by atoms with Gasteiger partial charge < -0.3 is 4.57 Å². The van der Waals surface area contributed by atoms with Crippen molar-refractivity contribution in [1.29, 1.82) is 0 Å². The number of Topliss-reactive ketones (excluding diaryl/α,β-unsaturated/α-hetero) is 1. The van der Waals surface area contributed by atoms with Crippen molar-refractivity contribution in [2.45, 2.75) is 24.8 Å². The van der Waals surface area contributed by atoms with Crippen LogP contribution in [0.4, 0.5) is 0 Å². The molecular weight excluding hydrogens is 280 g/mol. The summed E-state index contributed by atoms with van der Waals surface area (Å²) in [6.45, 7) is 2.89. The van der Waals surface area contributed by atoms with Gasteiger partial charge in [-0.25, -0.2) is 4.98 Å². The SMILES string of the molecule is CCCn1ccnc1C(=O)CSc1ccccc1Cl. The van der Waals surface area contributed by atoms with Crippen LogP contribution in [0.25, 0.3) is 0 Å². The molecule has 0 radical (unpaired) electrons. The van der Waals surface area contributed by atoms with E-state index in [-0.39, 0.29) is 5.78 Å². The summed E-state index contributed by atoms with van der Waals surface area (Å²) in [6, 6.07) is 7.53. The lowest BCUT2D eigenvalue weighted by Crippen LogP contribution is -2.12. The predicted molar refractivity (Wildman–Crippen MR) is 79.0 cm³/mol. The highest BCUT2D eigenvalue weighted by Crippen LogP contribution is 2.26. The number of thioether (sulfide) groups is 1. The van der Waals surface area contributed by atoms with E-state index in [1.807, 2.05) is 35.0 Å². The second-order valence-corrected chi connectivity index (χ2v) is 5.51. The molecule has 0 saturated heterocycles. The highest BCUT2D eigenvalue weighted by atomic mass is 35.5. The molecule has 2 aromatic rings. The molecule has 0 unspecified atom stereocenters. The lowest BCUT2D eigenvalue weighted by atomic mass is 10.4. The molecule has 0 saturated carbocycles. The summed E-state index contributed by atoms with van der Waals surface area (Å²) in [5.74, 6) is 0.912. The van der Waals surface area contributed by atoms with Gasteiger partial charge in [0.25, 0.3) is 0 Å². The molecule has 0 atom stereocenters. The Labute approximate surface area is 122 Å². The molecule has 0 N–H and O–H groups in total. The maximum Gasteiger partial charge on any atom is 0.208 e. The fourth-order valence-electron chi connectivity index (χ4n) is 1.75. The lowest BCUT2D eigenvalue weighted by Gasteiger charge is -2.06. The first-order valence-electron chi connectivity index (χ1n) is 6.14. The summed E-state index contributed by atoms with van der Waals surface area (Å²) in [5.41, 5.74) is 0. The predicted octanol–water partition coefficient (Wildman–Crippen LogP) is 3.92. The van der Waals surface area contributed by atoms with Crippen LogP contribution in [0, 0.1) is 0 Å². The van der Waals surface area contributed by atoms with Crippen molar-refractivity contribution in [3.63, 3.8) is 0 Å². The first kappa shape index (κ1) is 14.2. The number of nitrogens with zero attached hydrogens (tertiary/aromatic N) is 2. The molecule has 3 nitrogen and oxygen atoms in total. The van der Waals surface area contributed by atoms with Gasteiger partial charge >= 0.3 is 0 Å². The molecule has 5 heteroatoms. The zero-order valence-corrected chi connectivity index (χ0v) is 12.2. The van der Waals surface area contributed by atoms with E-state index in [2.05, 4.69) is 11.9 Å². The minimum absolute atomic E-state index is 0.0309. The van der Waals surface area contributed by atoms with E-state index in [0.717, 1.165) is 17.9 Å². The molecule has 19 heavy (non-hydrogen) atoms. The van der Waals surface area contributed by atoms with Gasteiger partial charge in [-0.3, -0.25) is 4.79 Å². The average molecular weight is 295 g/mol. The molecule has 100 valence electrons. The lowest BCUT2D eigenvalue weighted by molar-refractivity contribution is 0.100. The van der Waals surface area contributed by atoms with Gasteiger partial charge in [-0.1, -0.05) is 30.7 Å². The van der Waals surface area contributed by atoms with Gasteiger partial charge in [0, 0.05) is 23.8 Å². The molecule has 0 aliphatic heterocycles. The third kappa shape index (κ3) is 3.61. The molecule has 0 spiro atoms. The maximum atomic E-state index is 12.1. The van der Waals surface area contributed by atoms with Crippen LogP contribution in [0.15, 0.2) is 41.6 Å². The van der Waals surface area contributed by atoms with Crippen molar-refractivity contribution in [2.24, 2.45) is 0 Å². The van der Waals surface area contributed by atoms with E-state index in [9.17, 15) is 4.79 Å². The Kier molecular flexibility index (Phi) is 5.05. The molecule has 0 aliphatic rings. The van der Waals surface area contributed by atoms with Gasteiger partial charge in [0.05, 0.1) is 10.8 Å². The first-order chi connectivity index (χ1) is 9.22. The molecule has 1 aromatic heterocycles. The number of aryl methyl sites for hydroxylation is 1. The van der Waals surface area contributed by atoms with Gasteiger partial charge in [-0.05, 0) is 18.6 Å². The van der Waals surface area contributed by atoms with Gasteiger partial charge in [0.1, 0.15) is 0 Å². The minimum atomic E-state index is 0.0309. The zero-order chi connectivity index (χ0) is 13.7. The number of imidazole rings is 1. The van der Waals surface area contributed by atoms with Crippen molar-refractivity contribution in [3.8, 4) is 0 Å². The van der Waals surface area contributed by atoms with Crippen LogP contribution in [0.1, 0.15) is 24.0 Å². The Hall–Kier alpha value is -1.26. The number of aromatic nitrogens is 2. The van der Waals surface area contributed by atoms with Crippen molar-refractivity contribution in [2.75, 3.05) is 5.75 Å². The number of hydrogen-bond donors (Lipinski definition) is 0. The molecule has 0 fully saturated rings. The van der Waals surface area contributed by atoms with Crippen LogP contribution in [0.3, 0.4) is 0 Å². The summed E-state index contributed by atoms with van der Waals surface area (Å²) < 4.78 is 1.90. The van der Waals surface area contributed by atoms with Gasteiger partial charge in [-0.15, -0.1) is 11.8 Å². The van der Waals surface area contributed by atoms with E-state index in [0.29, 0.717) is 16.6 Å². The molecule has 0 aliphatic carbocycles. The summed E-state index contributed by atoms with van der Waals surface area (Å²) in [7, 11) is 0. The molecular formula is C14H15ClN2OS. The Balaban J connectivity index is 2.02. The number of carbonyl (C=O) groups is 1. The van der Waals surface area contributed by atoms with Crippen LogP contribution in [0.2, 0.25) is 5.02 Å². The summed E-state index contributed by atoms with van der Waals surface area (Å²) in [6.07, 6.45) is 4.49. The number of ketones is 1. The highest BCUT2D eigenvalue weighted by molar-refractivity contribution is 8.00. The largest absolute Gasteiger partial charge is 0.329 e. The van der Waals surface area contributed by atoms with Crippen molar-refractivity contribution in [3.05, 3.63) is 47.5 Å². The third-order valence-corrected chi connectivity index (χ3v) is 4.14. The van der Waals surface area contributed by atoms with E-state index >= 15 is 0 Å².